The summed E-state index contributed by atoms with van der Waals surface area (Å²) in [5.74, 6) is 0.248. The Labute approximate surface area is 165 Å². The van der Waals surface area contributed by atoms with Gasteiger partial charge in [-0.1, -0.05) is 0 Å². The van der Waals surface area contributed by atoms with Crippen LogP contribution >= 0.6 is 11.3 Å². The van der Waals surface area contributed by atoms with Gasteiger partial charge in [0, 0.05) is 30.6 Å². The Kier molecular flexibility index (Phi) is 5.05. The van der Waals surface area contributed by atoms with Gasteiger partial charge in [-0.25, -0.2) is 10.4 Å². The summed E-state index contributed by atoms with van der Waals surface area (Å²) in [5, 5.41) is 4.90. The number of carbonyl (C=O) groups is 1. The first-order chi connectivity index (χ1) is 13.7. The average molecular weight is 394 g/mol. The first-order valence-electron chi connectivity index (χ1n) is 8.59. The lowest BCUT2D eigenvalue weighted by Gasteiger charge is -2.09. The average Bonchev–Trinajstić information content (AvgIpc) is 3.41. The van der Waals surface area contributed by atoms with Crippen molar-refractivity contribution in [2.24, 2.45) is 5.10 Å². The zero-order valence-electron chi connectivity index (χ0n) is 15.4. The standard InChI is InChI=1S/C20H18N4O3S/c1-13-10-14(12-26-2)16-17(24-7-3-4-8-24)18(28-20(16)22-13)19(25)23-21-11-15-6-5-9-27-15/h3-11H,12H2,1-2H3,(H,23,25)/b21-11-. The highest BCUT2D eigenvalue weighted by molar-refractivity contribution is 7.21. The summed E-state index contributed by atoms with van der Waals surface area (Å²) in [6, 6.07) is 9.33. The Morgan fingerprint density at radius 3 is 2.93 bits per heavy atom. The van der Waals surface area contributed by atoms with E-state index in [0.717, 1.165) is 27.2 Å². The molecular formula is C20H18N4O3S. The summed E-state index contributed by atoms with van der Waals surface area (Å²) in [6.07, 6.45) is 6.81. The minimum atomic E-state index is -0.310. The number of hydrogen-bond donors (Lipinski definition) is 1. The van der Waals surface area contributed by atoms with E-state index in [0.29, 0.717) is 17.2 Å². The molecule has 0 unspecified atom stereocenters. The van der Waals surface area contributed by atoms with Crippen molar-refractivity contribution in [3.8, 4) is 5.69 Å². The fraction of sp³-hybridized carbons (Fsp3) is 0.150. The van der Waals surface area contributed by atoms with Crippen molar-refractivity contribution < 1.29 is 13.9 Å². The predicted molar refractivity (Wildman–Crippen MR) is 108 cm³/mol. The Morgan fingerprint density at radius 1 is 1.39 bits per heavy atom. The van der Waals surface area contributed by atoms with Crippen molar-refractivity contribution in [2.45, 2.75) is 13.5 Å². The number of aromatic nitrogens is 2. The SMILES string of the molecule is COCc1cc(C)nc2sc(C(=O)N/N=C\c3ccco3)c(-n3cccc3)c12. The number of aryl methyl sites for hydroxylation is 1. The van der Waals surface area contributed by atoms with E-state index in [4.69, 9.17) is 9.15 Å². The van der Waals surface area contributed by atoms with Crippen LogP contribution in [0.25, 0.3) is 15.9 Å². The highest BCUT2D eigenvalue weighted by atomic mass is 32.1. The highest BCUT2D eigenvalue weighted by Crippen LogP contribution is 2.36. The lowest BCUT2D eigenvalue weighted by molar-refractivity contribution is 0.0959. The normalized spacial score (nSPS) is 11.5. The molecule has 0 bridgehead atoms. The summed E-state index contributed by atoms with van der Waals surface area (Å²) in [7, 11) is 1.65. The van der Waals surface area contributed by atoms with Gasteiger partial charge in [-0.05, 0) is 42.8 Å². The molecule has 1 amide bonds. The van der Waals surface area contributed by atoms with Crippen molar-refractivity contribution >= 4 is 33.7 Å². The van der Waals surface area contributed by atoms with Crippen LogP contribution in [0, 0.1) is 6.92 Å². The number of ether oxygens (including phenoxy) is 1. The molecule has 0 radical (unpaired) electrons. The van der Waals surface area contributed by atoms with E-state index in [1.165, 1.54) is 17.6 Å². The molecule has 0 atom stereocenters. The van der Waals surface area contributed by atoms with Crippen molar-refractivity contribution in [2.75, 3.05) is 7.11 Å². The Balaban J connectivity index is 1.80. The van der Waals surface area contributed by atoms with Crippen molar-refractivity contribution in [1.82, 2.24) is 15.0 Å². The summed E-state index contributed by atoms with van der Waals surface area (Å²) in [5.41, 5.74) is 5.21. The fourth-order valence-corrected chi connectivity index (χ4v) is 4.17. The van der Waals surface area contributed by atoms with E-state index in [9.17, 15) is 4.79 Å². The third kappa shape index (κ3) is 3.47. The highest BCUT2D eigenvalue weighted by Gasteiger charge is 2.23. The van der Waals surface area contributed by atoms with Gasteiger partial charge in [0.25, 0.3) is 5.91 Å². The molecular weight excluding hydrogens is 376 g/mol. The summed E-state index contributed by atoms with van der Waals surface area (Å²) in [4.78, 5) is 18.8. The van der Waals surface area contributed by atoms with Gasteiger partial charge in [-0.15, -0.1) is 11.3 Å². The first-order valence-corrected chi connectivity index (χ1v) is 9.41. The van der Waals surface area contributed by atoms with Crippen LogP contribution in [-0.4, -0.2) is 28.8 Å². The number of furan rings is 1. The monoisotopic (exact) mass is 394 g/mol. The van der Waals surface area contributed by atoms with E-state index in [-0.39, 0.29) is 5.91 Å². The lowest BCUT2D eigenvalue weighted by Crippen LogP contribution is -2.18. The number of hydrogen-bond acceptors (Lipinski definition) is 6. The smallest absolute Gasteiger partial charge is 0.283 e. The number of nitrogens with zero attached hydrogens (tertiary/aromatic N) is 3. The molecule has 4 aromatic rings. The molecule has 4 rings (SSSR count). The molecule has 0 aliphatic rings. The van der Waals surface area contributed by atoms with Gasteiger partial charge in [0.05, 0.1) is 24.8 Å². The molecule has 0 saturated heterocycles. The number of pyridine rings is 1. The van der Waals surface area contributed by atoms with Crippen LogP contribution in [0.3, 0.4) is 0 Å². The van der Waals surface area contributed by atoms with E-state index >= 15 is 0 Å². The molecule has 0 fully saturated rings. The van der Waals surface area contributed by atoms with Crippen molar-refractivity contribution in [3.63, 3.8) is 0 Å². The Bertz CT molecular complexity index is 1130. The molecule has 0 saturated carbocycles. The van der Waals surface area contributed by atoms with Crippen LogP contribution in [0.4, 0.5) is 0 Å². The maximum absolute atomic E-state index is 12.9. The van der Waals surface area contributed by atoms with Gasteiger partial charge in [0.15, 0.2) is 0 Å². The Hall–Kier alpha value is -3.23. The molecule has 4 aromatic heterocycles. The second-order valence-electron chi connectivity index (χ2n) is 6.12. The molecule has 7 nitrogen and oxygen atoms in total. The van der Waals surface area contributed by atoms with Gasteiger partial charge >= 0.3 is 0 Å². The summed E-state index contributed by atoms with van der Waals surface area (Å²) in [6.45, 7) is 2.36. The zero-order valence-corrected chi connectivity index (χ0v) is 16.2. The van der Waals surface area contributed by atoms with E-state index in [1.54, 1.807) is 25.5 Å². The predicted octanol–water partition coefficient (Wildman–Crippen LogP) is 3.90. The van der Waals surface area contributed by atoms with E-state index < -0.39 is 0 Å². The van der Waals surface area contributed by atoms with Crippen LogP contribution in [0.1, 0.15) is 26.7 Å². The number of methoxy groups -OCH3 is 1. The van der Waals surface area contributed by atoms with Gasteiger partial charge in [0.2, 0.25) is 0 Å². The summed E-state index contributed by atoms with van der Waals surface area (Å²) < 4.78 is 12.5. The molecule has 0 spiro atoms. The Morgan fingerprint density at radius 2 is 2.21 bits per heavy atom. The zero-order chi connectivity index (χ0) is 19.5. The number of hydrazone groups is 1. The second-order valence-corrected chi connectivity index (χ2v) is 7.12. The molecule has 0 aliphatic heterocycles. The number of amides is 1. The van der Waals surface area contributed by atoms with Crippen molar-refractivity contribution in [1.29, 1.82) is 0 Å². The third-order valence-corrected chi connectivity index (χ3v) is 5.19. The van der Waals surface area contributed by atoms with E-state index in [1.807, 2.05) is 42.1 Å². The summed E-state index contributed by atoms with van der Waals surface area (Å²) >= 11 is 1.34. The maximum Gasteiger partial charge on any atom is 0.283 e. The molecule has 0 aromatic carbocycles. The molecule has 0 aliphatic carbocycles. The fourth-order valence-electron chi connectivity index (χ4n) is 3.02. The van der Waals surface area contributed by atoms with Crippen LogP contribution in [-0.2, 0) is 11.3 Å². The van der Waals surface area contributed by atoms with Crippen LogP contribution in [0.15, 0.2) is 58.5 Å². The van der Waals surface area contributed by atoms with Gasteiger partial charge in [-0.3, -0.25) is 4.79 Å². The van der Waals surface area contributed by atoms with E-state index in [2.05, 4.69) is 15.5 Å². The topological polar surface area (TPSA) is 81.7 Å². The van der Waals surface area contributed by atoms with Gasteiger partial charge in [-0.2, -0.15) is 5.10 Å². The minimum absolute atomic E-state index is 0.310. The molecule has 4 heterocycles. The second kappa shape index (κ2) is 7.79. The maximum atomic E-state index is 12.9. The van der Waals surface area contributed by atoms with Gasteiger partial charge < -0.3 is 13.7 Å². The minimum Gasteiger partial charge on any atom is -0.463 e. The van der Waals surface area contributed by atoms with Gasteiger partial charge in [0.1, 0.15) is 15.5 Å². The molecule has 8 heteroatoms. The lowest BCUT2D eigenvalue weighted by atomic mass is 10.1. The van der Waals surface area contributed by atoms with Crippen LogP contribution in [0.2, 0.25) is 0 Å². The number of nitrogens with one attached hydrogen (secondary N) is 1. The molecule has 28 heavy (non-hydrogen) atoms. The number of thiophene rings is 1. The number of carbonyl (C=O) groups excluding carboxylic acids is 1. The quantitative estimate of drug-likeness (QED) is 0.397. The molecule has 142 valence electrons. The van der Waals surface area contributed by atoms with Crippen LogP contribution < -0.4 is 5.43 Å². The van der Waals surface area contributed by atoms with Crippen molar-refractivity contribution in [3.05, 3.63) is 70.9 Å². The van der Waals surface area contributed by atoms with Crippen LogP contribution in [0.5, 0.6) is 0 Å². The third-order valence-electron chi connectivity index (χ3n) is 4.12. The largest absolute Gasteiger partial charge is 0.463 e. The number of fused-ring (bicyclic) bond motifs is 1. The molecule has 1 N–H and O–H groups in total. The first kappa shape index (κ1) is 18.1. The number of rotatable bonds is 6.